The van der Waals surface area contributed by atoms with Crippen molar-refractivity contribution in [1.29, 1.82) is 0 Å². The minimum absolute atomic E-state index is 0.592. The monoisotopic (exact) mass is 417 g/mol. The molecule has 3 aromatic rings. The second-order valence-electron chi connectivity index (χ2n) is 8.80. The number of nitrogens with zero attached hydrogens (tertiary/aromatic N) is 4. The minimum atomic E-state index is 0.592. The van der Waals surface area contributed by atoms with Crippen LogP contribution in [0.15, 0.2) is 42.7 Å². The van der Waals surface area contributed by atoms with Crippen LogP contribution in [0.2, 0.25) is 0 Å². The lowest BCUT2D eigenvalue weighted by Gasteiger charge is -2.29. The number of hydrogen-bond donors (Lipinski definition) is 1. The summed E-state index contributed by atoms with van der Waals surface area (Å²) in [5.74, 6) is 0. The van der Waals surface area contributed by atoms with Gasteiger partial charge in [0.25, 0.3) is 0 Å². The highest BCUT2D eigenvalue weighted by Gasteiger charge is 2.17. The Morgan fingerprint density at radius 2 is 1.97 bits per heavy atom. The summed E-state index contributed by atoms with van der Waals surface area (Å²) >= 11 is 0. The Morgan fingerprint density at radius 1 is 1.10 bits per heavy atom. The highest BCUT2D eigenvalue weighted by molar-refractivity contribution is 5.93. The molecule has 0 bridgehead atoms. The summed E-state index contributed by atoms with van der Waals surface area (Å²) in [5, 5.41) is 1.16. The predicted molar refractivity (Wildman–Crippen MR) is 125 cm³/mol. The van der Waals surface area contributed by atoms with Crippen molar-refractivity contribution < 1.29 is 4.74 Å². The number of nitrogens with one attached hydrogen (secondary N) is 1. The molecule has 2 aliphatic rings. The molecule has 0 aromatic carbocycles. The molecular formula is C25H31N5O. The van der Waals surface area contributed by atoms with Gasteiger partial charge >= 0.3 is 0 Å². The number of ether oxygens (including phenoxy) is 1. The molecule has 2 aliphatic heterocycles. The summed E-state index contributed by atoms with van der Waals surface area (Å²) in [6.07, 6.45) is 7.24. The Morgan fingerprint density at radius 3 is 2.68 bits per heavy atom. The largest absolute Gasteiger partial charge is 0.379 e. The lowest BCUT2D eigenvalue weighted by Crippen LogP contribution is -2.35. The average molecular weight is 418 g/mol. The van der Waals surface area contributed by atoms with Crippen LogP contribution in [0.4, 0.5) is 0 Å². The molecule has 0 aliphatic carbocycles. The van der Waals surface area contributed by atoms with Gasteiger partial charge in [0.05, 0.1) is 24.6 Å². The zero-order valence-electron chi connectivity index (χ0n) is 18.5. The molecule has 0 radical (unpaired) electrons. The second kappa shape index (κ2) is 8.91. The number of aromatic nitrogens is 3. The van der Waals surface area contributed by atoms with Gasteiger partial charge in [-0.25, -0.2) is 0 Å². The zero-order valence-corrected chi connectivity index (χ0v) is 18.5. The van der Waals surface area contributed by atoms with Crippen molar-refractivity contribution >= 4 is 16.5 Å². The summed E-state index contributed by atoms with van der Waals surface area (Å²) in [7, 11) is 0. The smallest absolute Gasteiger partial charge is 0.0811 e. The average Bonchev–Trinajstić information content (AvgIpc) is 3.22. The Bertz CT molecular complexity index is 1060. The van der Waals surface area contributed by atoms with E-state index in [1.54, 1.807) is 0 Å². The van der Waals surface area contributed by atoms with Gasteiger partial charge < -0.3 is 9.72 Å². The number of H-pyrrole nitrogens is 1. The molecule has 0 amide bonds. The van der Waals surface area contributed by atoms with Gasteiger partial charge in [0.1, 0.15) is 0 Å². The number of pyridine rings is 2. The van der Waals surface area contributed by atoms with Crippen molar-refractivity contribution in [2.45, 2.75) is 32.9 Å². The van der Waals surface area contributed by atoms with Crippen LogP contribution in [0.1, 0.15) is 31.7 Å². The summed E-state index contributed by atoms with van der Waals surface area (Å²) in [6, 6.07) is 9.19. The lowest BCUT2D eigenvalue weighted by atomic mass is 10.0. The lowest BCUT2D eigenvalue weighted by molar-refractivity contribution is 0.0337. The van der Waals surface area contributed by atoms with E-state index < -0.39 is 0 Å². The highest BCUT2D eigenvalue weighted by atomic mass is 16.5. The van der Waals surface area contributed by atoms with E-state index in [2.05, 4.69) is 59.0 Å². The maximum Gasteiger partial charge on any atom is 0.0811 e. The van der Waals surface area contributed by atoms with E-state index in [0.29, 0.717) is 6.04 Å². The normalized spacial score (nSPS) is 18.6. The van der Waals surface area contributed by atoms with Crippen LogP contribution >= 0.6 is 0 Å². The van der Waals surface area contributed by atoms with Crippen LogP contribution in [-0.2, 0) is 11.3 Å². The minimum Gasteiger partial charge on any atom is -0.379 e. The molecule has 31 heavy (non-hydrogen) atoms. The molecule has 1 N–H and O–H groups in total. The molecule has 5 heterocycles. The van der Waals surface area contributed by atoms with Crippen molar-refractivity contribution in [3.63, 3.8) is 0 Å². The van der Waals surface area contributed by atoms with Gasteiger partial charge in [-0.05, 0) is 50.1 Å². The number of aromatic amines is 1. The van der Waals surface area contributed by atoms with E-state index in [9.17, 15) is 0 Å². The maximum absolute atomic E-state index is 5.47. The van der Waals surface area contributed by atoms with E-state index >= 15 is 0 Å². The Hall–Kier alpha value is -2.54. The molecule has 0 unspecified atom stereocenters. The molecule has 0 spiro atoms. The van der Waals surface area contributed by atoms with Gasteiger partial charge in [-0.1, -0.05) is 6.08 Å². The topological polar surface area (TPSA) is 57.3 Å². The first-order valence-corrected chi connectivity index (χ1v) is 11.3. The van der Waals surface area contributed by atoms with E-state index in [4.69, 9.17) is 14.7 Å². The summed E-state index contributed by atoms with van der Waals surface area (Å²) in [4.78, 5) is 18.0. The van der Waals surface area contributed by atoms with Crippen LogP contribution in [0, 0.1) is 0 Å². The molecule has 3 aromatic heterocycles. The third-order valence-corrected chi connectivity index (χ3v) is 6.44. The predicted octanol–water partition coefficient (Wildman–Crippen LogP) is 3.95. The fourth-order valence-corrected chi connectivity index (χ4v) is 4.54. The van der Waals surface area contributed by atoms with Gasteiger partial charge in [0, 0.05) is 73.3 Å². The summed E-state index contributed by atoms with van der Waals surface area (Å²) < 4.78 is 5.47. The molecule has 0 atom stereocenters. The third kappa shape index (κ3) is 4.42. The molecule has 6 nitrogen and oxygen atoms in total. The van der Waals surface area contributed by atoms with Gasteiger partial charge in [-0.3, -0.25) is 19.8 Å². The van der Waals surface area contributed by atoms with Crippen LogP contribution in [0.25, 0.3) is 27.7 Å². The number of hydrogen-bond acceptors (Lipinski definition) is 5. The van der Waals surface area contributed by atoms with Crippen molar-refractivity contribution in [2.75, 3.05) is 39.4 Å². The van der Waals surface area contributed by atoms with Crippen molar-refractivity contribution in [3.8, 4) is 11.3 Å². The van der Waals surface area contributed by atoms with Gasteiger partial charge in [0.15, 0.2) is 0 Å². The van der Waals surface area contributed by atoms with E-state index in [-0.39, 0.29) is 0 Å². The van der Waals surface area contributed by atoms with Crippen molar-refractivity contribution in [1.82, 2.24) is 24.8 Å². The molecule has 0 saturated carbocycles. The second-order valence-corrected chi connectivity index (χ2v) is 8.80. The van der Waals surface area contributed by atoms with E-state index in [1.165, 1.54) is 11.3 Å². The molecule has 1 saturated heterocycles. The molecule has 162 valence electrons. The Kier molecular flexibility index (Phi) is 5.85. The van der Waals surface area contributed by atoms with Crippen LogP contribution in [-0.4, -0.2) is 70.2 Å². The van der Waals surface area contributed by atoms with Crippen LogP contribution in [0.5, 0.6) is 0 Å². The van der Waals surface area contributed by atoms with Gasteiger partial charge in [0.2, 0.25) is 0 Å². The summed E-state index contributed by atoms with van der Waals surface area (Å²) in [6.45, 7) is 11.1. The third-order valence-electron chi connectivity index (χ3n) is 6.44. The first-order valence-electron chi connectivity index (χ1n) is 11.3. The van der Waals surface area contributed by atoms with E-state index in [1.807, 2.05) is 12.4 Å². The fraction of sp³-hybridized carbons (Fsp3) is 0.440. The molecular weight excluding hydrogens is 386 g/mol. The standard InChI is InChI=1S/C25H31N5O/c1-18(2)30-9-6-19(7-10-30)23-4-3-20(16-27-23)25-22-15-21(28-24(22)5-8-26-25)17-29-11-13-31-14-12-29/h3-6,8,15-16,18,28H,7,9-14,17H2,1-2H3. The first-order chi connectivity index (χ1) is 15.2. The SMILES string of the molecule is CC(C)N1CC=C(c2ccc(-c3nccc4[nH]c(CN5CCOCC5)cc34)cn2)CC1. The Balaban J connectivity index is 1.37. The fourth-order valence-electron chi connectivity index (χ4n) is 4.54. The molecule has 1 fully saturated rings. The van der Waals surface area contributed by atoms with Crippen LogP contribution in [0.3, 0.4) is 0 Å². The van der Waals surface area contributed by atoms with Crippen molar-refractivity contribution in [3.05, 3.63) is 54.1 Å². The molecule has 6 heteroatoms. The van der Waals surface area contributed by atoms with Gasteiger partial charge in [-0.2, -0.15) is 0 Å². The van der Waals surface area contributed by atoms with E-state index in [0.717, 1.165) is 80.2 Å². The number of morpholine rings is 1. The number of fused-ring (bicyclic) bond motifs is 1. The quantitative estimate of drug-likeness (QED) is 0.681. The summed E-state index contributed by atoms with van der Waals surface area (Å²) in [5.41, 5.74) is 6.83. The molecule has 5 rings (SSSR count). The van der Waals surface area contributed by atoms with Gasteiger partial charge in [-0.15, -0.1) is 0 Å². The van der Waals surface area contributed by atoms with Crippen LogP contribution < -0.4 is 0 Å². The maximum atomic E-state index is 5.47. The Labute approximate surface area is 183 Å². The van der Waals surface area contributed by atoms with Crippen molar-refractivity contribution in [2.24, 2.45) is 0 Å². The number of rotatable bonds is 5. The zero-order chi connectivity index (χ0) is 21.2. The first kappa shape index (κ1) is 20.4. The highest BCUT2D eigenvalue weighted by Crippen LogP contribution is 2.29.